The maximum atomic E-state index is 14.0. The molecule has 46 heavy (non-hydrogen) atoms. The first kappa shape index (κ1) is 34.8. The molecule has 7 nitrogen and oxygen atoms in total. The van der Waals surface area contributed by atoms with Gasteiger partial charge in [0.05, 0.1) is 11.4 Å². The number of rotatable bonds is 16. The van der Waals surface area contributed by atoms with Gasteiger partial charge in [0.2, 0.25) is 0 Å². The van der Waals surface area contributed by atoms with Gasteiger partial charge in [0.25, 0.3) is 0 Å². The van der Waals surface area contributed by atoms with E-state index in [0.29, 0.717) is 58.8 Å². The number of carbonyl (C=O) groups excluding carboxylic acids is 1. The van der Waals surface area contributed by atoms with Crippen LogP contribution in [0.1, 0.15) is 55.3 Å². The van der Waals surface area contributed by atoms with Gasteiger partial charge in [0, 0.05) is 59.0 Å². The molecule has 1 aromatic heterocycles. The van der Waals surface area contributed by atoms with Gasteiger partial charge in [0.1, 0.15) is 11.4 Å². The molecule has 4 rings (SSSR count). The third kappa shape index (κ3) is 12.4. The third-order valence-electron chi connectivity index (χ3n) is 7.35. The molecule has 3 aromatic carbocycles. The van der Waals surface area contributed by atoms with Gasteiger partial charge in [-0.25, -0.2) is 9.18 Å². The summed E-state index contributed by atoms with van der Waals surface area (Å²) in [5.74, 6) is -0.239. The van der Waals surface area contributed by atoms with Crippen molar-refractivity contribution < 1.29 is 19.0 Å². The van der Waals surface area contributed by atoms with Crippen LogP contribution in [0.4, 0.5) is 9.18 Å². The van der Waals surface area contributed by atoms with Crippen molar-refractivity contribution in [3.63, 3.8) is 0 Å². The highest BCUT2D eigenvalue weighted by Crippen LogP contribution is 2.17. The van der Waals surface area contributed by atoms with Crippen LogP contribution in [0.25, 0.3) is 0 Å². The molecule has 4 aromatic rings. The van der Waals surface area contributed by atoms with E-state index in [1.807, 2.05) is 81.4 Å². The Morgan fingerprint density at radius 3 is 1.83 bits per heavy atom. The van der Waals surface area contributed by atoms with Gasteiger partial charge in [-0.05, 0) is 68.1 Å². The minimum atomic E-state index is -0.605. The zero-order valence-electron chi connectivity index (χ0n) is 27.3. The summed E-state index contributed by atoms with van der Waals surface area (Å²) in [6.45, 7) is 10.2. The van der Waals surface area contributed by atoms with Crippen molar-refractivity contribution >= 4 is 6.09 Å². The van der Waals surface area contributed by atoms with E-state index in [1.54, 1.807) is 17.0 Å². The van der Waals surface area contributed by atoms with Crippen molar-refractivity contribution in [2.75, 3.05) is 26.2 Å². The fourth-order valence-corrected chi connectivity index (χ4v) is 5.27. The van der Waals surface area contributed by atoms with E-state index in [1.165, 1.54) is 17.2 Å². The Bertz CT molecular complexity index is 1480. The molecule has 0 aliphatic heterocycles. The summed E-state index contributed by atoms with van der Waals surface area (Å²) in [5.41, 5.74) is 4.52. The number of aromatic nitrogens is 1. The summed E-state index contributed by atoms with van der Waals surface area (Å²) in [6, 6.07) is 33.4. The molecule has 0 atom stereocenters. The van der Waals surface area contributed by atoms with Gasteiger partial charge in [-0.15, -0.1) is 0 Å². The van der Waals surface area contributed by atoms with E-state index in [0.717, 1.165) is 17.0 Å². The fraction of sp³-hybridized carbons (Fsp3) is 0.368. The van der Waals surface area contributed by atoms with Crippen LogP contribution in [-0.2, 0) is 37.5 Å². The average molecular weight is 627 g/mol. The molecule has 1 amide bonds. The number of hydrogen-bond donors (Lipinski definition) is 1. The van der Waals surface area contributed by atoms with Crippen LogP contribution in [0.3, 0.4) is 0 Å². The van der Waals surface area contributed by atoms with Gasteiger partial charge >= 0.3 is 6.09 Å². The molecule has 0 aliphatic carbocycles. The Balaban J connectivity index is 1.50. The lowest BCUT2D eigenvalue weighted by atomic mass is 10.1. The standard InChI is InChI=1S/C38H47FN4O3/c1-38(2,3)46-37(45)43(21-12-24-44)23-22-41(26-31-13-6-4-7-14-31)29-35-19-11-20-36(40-35)30-42(27-32-15-8-5-9-16-32)28-33-17-10-18-34(39)25-33/h4-11,13-20,25,44H,12,21-24,26-30H2,1-3H3. The monoisotopic (exact) mass is 626 g/mol. The lowest BCUT2D eigenvalue weighted by Crippen LogP contribution is -2.42. The van der Waals surface area contributed by atoms with E-state index < -0.39 is 5.60 Å². The molecule has 0 aliphatic rings. The predicted octanol–water partition coefficient (Wildman–Crippen LogP) is 7.04. The number of nitrogens with zero attached hydrogens (tertiary/aromatic N) is 4. The quantitative estimate of drug-likeness (QED) is 0.144. The molecule has 244 valence electrons. The molecule has 0 unspecified atom stereocenters. The highest BCUT2D eigenvalue weighted by atomic mass is 19.1. The molecule has 0 fully saturated rings. The number of benzene rings is 3. The lowest BCUT2D eigenvalue weighted by molar-refractivity contribution is 0.0219. The number of halogens is 1. The largest absolute Gasteiger partial charge is 0.444 e. The Morgan fingerprint density at radius 1 is 0.696 bits per heavy atom. The molecule has 0 spiro atoms. The van der Waals surface area contributed by atoms with Crippen LogP contribution >= 0.6 is 0 Å². The van der Waals surface area contributed by atoms with E-state index in [4.69, 9.17) is 9.72 Å². The summed E-state index contributed by atoms with van der Waals surface area (Å²) < 4.78 is 19.7. The second-order valence-electron chi connectivity index (χ2n) is 12.6. The van der Waals surface area contributed by atoms with Crippen LogP contribution in [0, 0.1) is 5.82 Å². The minimum absolute atomic E-state index is 0.00421. The number of aliphatic hydroxyl groups excluding tert-OH is 1. The lowest BCUT2D eigenvalue weighted by Gasteiger charge is -2.30. The van der Waals surface area contributed by atoms with E-state index in [2.05, 4.69) is 34.1 Å². The van der Waals surface area contributed by atoms with Gasteiger partial charge in [-0.2, -0.15) is 0 Å². The fourth-order valence-electron chi connectivity index (χ4n) is 5.27. The van der Waals surface area contributed by atoms with E-state index in [9.17, 15) is 14.3 Å². The van der Waals surface area contributed by atoms with Gasteiger partial charge in [-0.3, -0.25) is 14.8 Å². The highest BCUT2D eigenvalue weighted by Gasteiger charge is 2.23. The normalized spacial score (nSPS) is 11.6. The molecular formula is C38H47FN4O3. The van der Waals surface area contributed by atoms with Crippen molar-refractivity contribution in [1.82, 2.24) is 19.7 Å². The molecule has 1 heterocycles. The van der Waals surface area contributed by atoms with Crippen molar-refractivity contribution in [1.29, 1.82) is 0 Å². The maximum absolute atomic E-state index is 14.0. The van der Waals surface area contributed by atoms with E-state index >= 15 is 0 Å². The van der Waals surface area contributed by atoms with Gasteiger partial charge in [0.15, 0.2) is 0 Å². The first-order chi connectivity index (χ1) is 22.2. The molecule has 8 heteroatoms. The summed E-state index contributed by atoms with van der Waals surface area (Å²) in [7, 11) is 0. The van der Waals surface area contributed by atoms with Crippen LogP contribution in [0.5, 0.6) is 0 Å². The summed E-state index contributed by atoms with van der Waals surface area (Å²) in [6.07, 6.45) is 0.105. The number of ether oxygens (including phenoxy) is 1. The zero-order chi connectivity index (χ0) is 32.8. The predicted molar refractivity (Wildman–Crippen MR) is 180 cm³/mol. The second-order valence-corrected chi connectivity index (χ2v) is 12.6. The molecule has 1 N–H and O–H groups in total. The van der Waals surface area contributed by atoms with Crippen LogP contribution in [0.2, 0.25) is 0 Å². The maximum Gasteiger partial charge on any atom is 0.410 e. The van der Waals surface area contributed by atoms with Crippen LogP contribution < -0.4 is 0 Å². The van der Waals surface area contributed by atoms with Crippen molar-refractivity contribution in [2.24, 2.45) is 0 Å². The molecule has 0 saturated carbocycles. The second kappa shape index (κ2) is 17.5. The molecular weight excluding hydrogens is 579 g/mol. The SMILES string of the molecule is CC(C)(C)OC(=O)N(CCCO)CCN(Cc1ccccc1)Cc1cccc(CN(Cc2ccccc2)Cc2cccc(F)c2)n1. The Kier molecular flexibility index (Phi) is 13.3. The van der Waals surface area contributed by atoms with Gasteiger partial charge in [-0.1, -0.05) is 78.9 Å². The summed E-state index contributed by atoms with van der Waals surface area (Å²) >= 11 is 0. The van der Waals surface area contributed by atoms with Crippen LogP contribution in [-0.4, -0.2) is 62.7 Å². The van der Waals surface area contributed by atoms with Crippen molar-refractivity contribution in [3.8, 4) is 0 Å². The average Bonchev–Trinajstić information content (AvgIpc) is 3.01. The smallest absolute Gasteiger partial charge is 0.410 e. The number of carbonyl (C=O) groups is 1. The number of aliphatic hydroxyl groups is 1. The highest BCUT2D eigenvalue weighted by molar-refractivity contribution is 5.68. The minimum Gasteiger partial charge on any atom is -0.444 e. The Morgan fingerprint density at radius 2 is 1.24 bits per heavy atom. The summed E-state index contributed by atoms with van der Waals surface area (Å²) in [4.78, 5) is 24.3. The first-order valence-electron chi connectivity index (χ1n) is 16.0. The van der Waals surface area contributed by atoms with Crippen molar-refractivity contribution in [3.05, 3.63) is 137 Å². The molecule has 0 saturated heterocycles. The van der Waals surface area contributed by atoms with Crippen molar-refractivity contribution in [2.45, 2.75) is 65.5 Å². The third-order valence-corrected chi connectivity index (χ3v) is 7.35. The number of hydrogen-bond acceptors (Lipinski definition) is 6. The topological polar surface area (TPSA) is 69.1 Å². The number of pyridine rings is 1. The number of amides is 1. The van der Waals surface area contributed by atoms with Crippen LogP contribution in [0.15, 0.2) is 103 Å². The molecule has 0 radical (unpaired) electrons. The van der Waals surface area contributed by atoms with E-state index in [-0.39, 0.29) is 18.5 Å². The Labute approximate surface area is 273 Å². The zero-order valence-corrected chi connectivity index (χ0v) is 27.3. The van der Waals surface area contributed by atoms with Gasteiger partial charge < -0.3 is 14.7 Å². The first-order valence-corrected chi connectivity index (χ1v) is 16.0. The Hall–Kier alpha value is -4.11. The molecule has 0 bridgehead atoms. The summed E-state index contributed by atoms with van der Waals surface area (Å²) in [5, 5.41) is 9.44.